The summed E-state index contributed by atoms with van der Waals surface area (Å²) in [5, 5.41) is 3.59. The van der Waals surface area contributed by atoms with Crippen LogP contribution in [0.5, 0.6) is 0 Å². The fourth-order valence-electron chi connectivity index (χ4n) is 1.85. The smallest absolute Gasteiger partial charge is 0.252 e. The van der Waals surface area contributed by atoms with E-state index in [9.17, 15) is 17.2 Å². The van der Waals surface area contributed by atoms with Crippen LogP contribution in [-0.2, 0) is 16.6 Å². The highest BCUT2D eigenvalue weighted by atomic mass is 35.5. The monoisotopic (exact) mass is 338 g/mol. The lowest BCUT2D eigenvalue weighted by molar-refractivity contribution is 0.126. The first-order valence-electron chi connectivity index (χ1n) is 6.57. The molecule has 0 unspecified atom stereocenters. The molecule has 1 N–H and O–H groups in total. The van der Waals surface area contributed by atoms with E-state index in [1.165, 1.54) is 12.1 Å². The van der Waals surface area contributed by atoms with Crippen LogP contribution in [0.1, 0.15) is 18.4 Å². The van der Waals surface area contributed by atoms with E-state index >= 15 is 0 Å². The molecular formula is C13H17ClF2N2O2S. The van der Waals surface area contributed by atoms with Gasteiger partial charge in [0.15, 0.2) is 0 Å². The van der Waals surface area contributed by atoms with Gasteiger partial charge >= 0.3 is 0 Å². The summed E-state index contributed by atoms with van der Waals surface area (Å²) in [7, 11) is -2.82. The maximum absolute atomic E-state index is 12.3. The van der Waals surface area contributed by atoms with Crippen molar-refractivity contribution in [2.24, 2.45) is 0 Å². The van der Waals surface area contributed by atoms with Crippen LogP contribution in [0.2, 0.25) is 5.02 Å². The van der Waals surface area contributed by atoms with E-state index < -0.39 is 23.0 Å². The van der Waals surface area contributed by atoms with Crippen molar-refractivity contribution in [1.29, 1.82) is 0 Å². The Balaban J connectivity index is 2.13. The Bertz CT molecular complexity index is 606. The molecule has 1 aromatic carbocycles. The minimum absolute atomic E-state index is 0.0779. The van der Waals surface area contributed by atoms with Crippen molar-refractivity contribution in [2.45, 2.75) is 36.7 Å². The molecule has 0 heterocycles. The highest BCUT2D eigenvalue weighted by Crippen LogP contribution is 2.25. The number of hydrogen-bond acceptors (Lipinski definition) is 3. The van der Waals surface area contributed by atoms with Gasteiger partial charge in [-0.1, -0.05) is 17.7 Å². The zero-order valence-corrected chi connectivity index (χ0v) is 13.1. The number of nitrogens with one attached hydrogen (secondary N) is 1. The summed E-state index contributed by atoms with van der Waals surface area (Å²) >= 11 is 6.08. The molecule has 0 spiro atoms. The third-order valence-corrected chi connectivity index (χ3v) is 5.46. The van der Waals surface area contributed by atoms with E-state index in [1.54, 1.807) is 6.07 Å². The number of benzene rings is 1. The Morgan fingerprint density at radius 2 is 2.10 bits per heavy atom. The zero-order valence-electron chi connectivity index (χ0n) is 11.5. The van der Waals surface area contributed by atoms with Gasteiger partial charge < -0.3 is 5.32 Å². The number of halogens is 3. The molecule has 0 saturated heterocycles. The van der Waals surface area contributed by atoms with Gasteiger partial charge in [-0.05, 0) is 30.5 Å². The summed E-state index contributed by atoms with van der Waals surface area (Å²) in [5.41, 5.74) is 0.791. The molecule has 1 saturated carbocycles. The van der Waals surface area contributed by atoms with Gasteiger partial charge in [0.1, 0.15) is 0 Å². The van der Waals surface area contributed by atoms with Crippen molar-refractivity contribution in [1.82, 2.24) is 9.62 Å². The molecule has 21 heavy (non-hydrogen) atoms. The van der Waals surface area contributed by atoms with E-state index in [0.717, 1.165) is 25.5 Å². The molecule has 8 heteroatoms. The highest BCUT2D eigenvalue weighted by molar-refractivity contribution is 7.89. The van der Waals surface area contributed by atoms with Crippen molar-refractivity contribution in [2.75, 3.05) is 13.6 Å². The van der Waals surface area contributed by atoms with E-state index in [0.29, 0.717) is 21.9 Å². The van der Waals surface area contributed by atoms with Gasteiger partial charge in [0, 0.05) is 24.7 Å². The standard InChI is InChI=1S/C13H17ClF2N2O2S/c1-18(8-13(15)16)21(19,20)11-5-2-9(12(14)6-11)7-17-10-3-4-10/h2,5-6,10,13,17H,3-4,7-8H2,1H3. The third-order valence-electron chi connectivity index (χ3n) is 3.29. The van der Waals surface area contributed by atoms with Crippen molar-refractivity contribution < 1.29 is 17.2 Å². The van der Waals surface area contributed by atoms with Gasteiger partial charge in [-0.2, -0.15) is 4.31 Å². The predicted molar refractivity (Wildman–Crippen MR) is 77.1 cm³/mol. The van der Waals surface area contributed by atoms with Crippen LogP contribution in [0.15, 0.2) is 23.1 Å². The number of rotatable bonds is 7. The van der Waals surface area contributed by atoms with Gasteiger partial charge in [-0.25, -0.2) is 17.2 Å². The van der Waals surface area contributed by atoms with Gasteiger partial charge in [-0.3, -0.25) is 0 Å². The fraction of sp³-hybridized carbons (Fsp3) is 0.538. The summed E-state index contributed by atoms with van der Waals surface area (Å²) in [5.74, 6) is 0. The molecule has 0 amide bonds. The van der Waals surface area contributed by atoms with Gasteiger partial charge in [-0.15, -0.1) is 0 Å². The minimum Gasteiger partial charge on any atom is -0.310 e. The first kappa shape index (κ1) is 16.6. The Kier molecular flexibility index (Phi) is 5.19. The summed E-state index contributed by atoms with van der Waals surface area (Å²) < 4.78 is 49.5. The molecule has 2 rings (SSSR count). The van der Waals surface area contributed by atoms with Crippen LogP contribution in [0, 0.1) is 0 Å². The van der Waals surface area contributed by atoms with Crippen molar-refractivity contribution in [3.8, 4) is 0 Å². The molecule has 1 aliphatic rings. The first-order valence-corrected chi connectivity index (χ1v) is 8.39. The first-order chi connectivity index (χ1) is 9.80. The Hall–Kier alpha value is -0.760. The molecule has 0 bridgehead atoms. The molecular weight excluding hydrogens is 322 g/mol. The van der Waals surface area contributed by atoms with Crippen LogP contribution < -0.4 is 5.32 Å². The van der Waals surface area contributed by atoms with Crippen molar-refractivity contribution in [3.05, 3.63) is 28.8 Å². The molecule has 0 aliphatic heterocycles. The van der Waals surface area contributed by atoms with E-state index in [1.807, 2.05) is 0 Å². The maximum Gasteiger partial charge on any atom is 0.252 e. The SMILES string of the molecule is CN(CC(F)F)S(=O)(=O)c1ccc(CNC2CC2)c(Cl)c1. The van der Waals surface area contributed by atoms with Crippen LogP contribution in [0.3, 0.4) is 0 Å². The lowest BCUT2D eigenvalue weighted by Gasteiger charge is -2.17. The van der Waals surface area contributed by atoms with Gasteiger partial charge in [0.25, 0.3) is 6.43 Å². The number of hydrogen-bond donors (Lipinski definition) is 1. The van der Waals surface area contributed by atoms with E-state index in [-0.39, 0.29) is 4.90 Å². The van der Waals surface area contributed by atoms with Crippen molar-refractivity contribution >= 4 is 21.6 Å². The van der Waals surface area contributed by atoms with E-state index in [2.05, 4.69) is 5.32 Å². The third kappa shape index (κ3) is 4.35. The van der Waals surface area contributed by atoms with Crippen LogP contribution in [-0.4, -0.2) is 38.8 Å². The Morgan fingerprint density at radius 3 is 2.62 bits per heavy atom. The second-order valence-electron chi connectivity index (χ2n) is 5.09. The summed E-state index contributed by atoms with van der Waals surface area (Å²) in [6, 6.07) is 4.83. The predicted octanol–water partition coefficient (Wildman–Crippen LogP) is 2.48. The lowest BCUT2D eigenvalue weighted by Crippen LogP contribution is -2.31. The van der Waals surface area contributed by atoms with E-state index in [4.69, 9.17) is 11.6 Å². The average Bonchev–Trinajstić information content (AvgIpc) is 3.20. The molecule has 0 aromatic heterocycles. The molecule has 0 radical (unpaired) electrons. The Labute approximate surface area is 128 Å². The molecule has 4 nitrogen and oxygen atoms in total. The molecule has 1 aromatic rings. The largest absolute Gasteiger partial charge is 0.310 e. The number of alkyl halides is 2. The highest BCUT2D eigenvalue weighted by Gasteiger charge is 2.25. The number of nitrogens with zero attached hydrogens (tertiary/aromatic N) is 1. The second-order valence-corrected chi connectivity index (χ2v) is 7.54. The quantitative estimate of drug-likeness (QED) is 0.831. The van der Waals surface area contributed by atoms with Gasteiger partial charge in [0.05, 0.1) is 11.4 Å². The number of sulfonamides is 1. The zero-order chi connectivity index (χ0) is 15.6. The van der Waals surface area contributed by atoms with Crippen molar-refractivity contribution in [3.63, 3.8) is 0 Å². The summed E-state index contributed by atoms with van der Waals surface area (Å²) in [6.07, 6.45) is -0.437. The average molecular weight is 339 g/mol. The van der Waals surface area contributed by atoms with Crippen LogP contribution in [0.4, 0.5) is 8.78 Å². The molecule has 1 aliphatic carbocycles. The fourth-order valence-corrected chi connectivity index (χ4v) is 3.33. The normalized spacial score (nSPS) is 15.9. The molecule has 118 valence electrons. The Morgan fingerprint density at radius 1 is 1.43 bits per heavy atom. The summed E-state index contributed by atoms with van der Waals surface area (Å²) in [4.78, 5) is -0.0779. The second kappa shape index (κ2) is 6.56. The topological polar surface area (TPSA) is 49.4 Å². The lowest BCUT2D eigenvalue weighted by atomic mass is 10.2. The minimum atomic E-state index is -3.94. The van der Waals surface area contributed by atoms with Crippen LogP contribution >= 0.6 is 11.6 Å². The summed E-state index contributed by atoms with van der Waals surface area (Å²) in [6.45, 7) is -0.276. The van der Waals surface area contributed by atoms with Gasteiger partial charge in [0.2, 0.25) is 10.0 Å². The maximum atomic E-state index is 12.3. The van der Waals surface area contributed by atoms with Crippen LogP contribution in [0.25, 0.3) is 0 Å². The molecule has 1 fully saturated rings. The molecule has 0 atom stereocenters.